The van der Waals surface area contributed by atoms with Crippen molar-refractivity contribution in [2.75, 3.05) is 16.8 Å². The molecule has 2 fully saturated rings. The van der Waals surface area contributed by atoms with Crippen molar-refractivity contribution in [1.29, 1.82) is 0 Å². The summed E-state index contributed by atoms with van der Waals surface area (Å²) in [5, 5.41) is 12.3. The quantitative estimate of drug-likeness (QED) is 0.823. The molecule has 25 heavy (non-hydrogen) atoms. The molecule has 130 valence electrons. The van der Waals surface area contributed by atoms with E-state index in [9.17, 15) is 19.5 Å². The standard InChI is InChI=1S/C19H20N2O4/c22-15-5-2-8-21(15)14-4-1-3-13(10-14)20-18(23)16-11-6-7-12(9-11)17(16)19(24)25/h1,3-4,6-7,10-12,16-17H,2,5,8-9H2,(H,20,23)(H,24,25)/t11-,12+,16-,17-/m0/s1. The van der Waals surface area contributed by atoms with Crippen LogP contribution in [0.25, 0.3) is 0 Å². The number of fused-ring (bicyclic) bond motifs is 2. The third-order valence-corrected chi connectivity index (χ3v) is 5.55. The van der Waals surface area contributed by atoms with Crippen molar-refractivity contribution in [3.8, 4) is 0 Å². The summed E-state index contributed by atoms with van der Waals surface area (Å²) in [6, 6.07) is 7.19. The van der Waals surface area contributed by atoms with Gasteiger partial charge in [-0.3, -0.25) is 14.4 Å². The van der Waals surface area contributed by atoms with Gasteiger partial charge in [0.15, 0.2) is 0 Å². The van der Waals surface area contributed by atoms with E-state index in [0.717, 1.165) is 18.5 Å². The molecule has 1 saturated heterocycles. The second kappa shape index (κ2) is 6.02. The summed E-state index contributed by atoms with van der Waals surface area (Å²) in [4.78, 5) is 37.9. The third-order valence-electron chi connectivity index (χ3n) is 5.55. The lowest BCUT2D eigenvalue weighted by Crippen LogP contribution is -2.36. The Kier molecular flexibility index (Phi) is 3.82. The summed E-state index contributed by atoms with van der Waals surface area (Å²) in [6.07, 6.45) is 6.01. The van der Waals surface area contributed by atoms with Gasteiger partial charge < -0.3 is 15.3 Å². The van der Waals surface area contributed by atoms with Crippen molar-refractivity contribution in [2.45, 2.75) is 19.3 Å². The lowest BCUT2D eigenvalue weighted by atomic mass is 9.82. The minimum absolute atomic E-state index is 0.00515. The molecule has 1 saturated carbocycles. The number of anilines is 2. The summed E-state index contributed by atoms with van der Waals surface area (Å²) in [5.74, 6) is -2.32. The molecule has 1 aromatic rings. The largest absolute Gasteiger partial charge is 0.481 e. The third kappa shape index (κ3) is 2.71. The molecule has 0 aromatic heterocycles. The fourth-order valence-corrected chi connectivity index (χ4v) is 4.41. The lowest BCUT2D eigenvalue weighted by Gasteiger charge is -2.24. The molecule has 6 heteroatoms. The Morgan fingerprint density at radius 2 is 1.92 bits per heavy atom. The van der Waals surface area contributed by atoms with Crippen molar-refractivity contribution in [3.63, 3.8) is 0 Å². The van der Waals surface area contributed by atoms with Crippen molar-refractivity contribution < 1.29 is 19.5 Å². The highest BCUT2D eigenvalue weighted by atomic mass is 16.4. The highest BCUT2D eigenvalue weighted by molar-refractivity contribution is 5.98. The first kappa shape index (κ1) is 15.9. The number of hydrogen-bond acceptors (Lipinski definition) is 3. The average molecular weight is 340 g/mol. The highest BCUT2D eigenvalue weighted by Gasteiger charge is 2.51. The predicted molar refractivity (Wildman–Crippen MR) is 92.0 cm³/mol. The number of amides is 2. The molecule has 1 aliphatic heterocycles. The minimum Gasteiger partial charge on any atom is -0.481 e. The first-order valence-electron chi connectivity index (χ1n) is 8.67. The lowest BCUT2D eigenvalue weighted by molar-refractivity contribution is -0.146. The summed E-state index contributed by atoms with van der Waals surface area (Å²) in [5.41, 5.74) is 1.36. The smallest absolute Gasteiger partial charge is 0.307 e. The normalized spacial score (nSPS) is 30.1. The van der Waals surface area contributed by atoms with Crippen LogP contribution >= 0.6 is 0 Å². The van der Waals surface area contributed by atoms with Crippen LogP contribution in [0.5, 0.6) is 0 Å². The zero-order valence-corrected chi connectivity index (χ0v) is 13.7. The van der Waals surface area contributed by atoms with E-state index in [1.807, 2.05) is 18.2 Å². The Labute approximate surface area is 145 Å². The molecule has 1 aromatic carbocycles. The zero-order valence-electron chi connectivity index (χ0n) is 13.7. The van der Waals surface area contributed by atoms with Crippen molar-refractivity contribution in [1.82, 2.24) is 0 Å². The molecule has 4 atom stereocenters. The van der Waals surface area contributed by atoms with Crippen LogP contribution in [0.2, 0.25) is 0 Å². The maximum absolute atomic E-state index is 12.7. The fourth-order valence-electron chi connectivity index (χ4n) is 4.41. The van der Waals surface area contributed by atoms with Gasteiger partial charge in [0, 0.05) is 24.3 Å². The van der Waals surface area contributed by atoms with Crippen LogP contribution in [-0.2, 0) is 14.4 Å². The molecule has 4 rings (SSSR count). The van der Waals surface area contributed by atoms with Crippen molar-refractivity contribution in [3.05, 3.63) is 36.4 Å². The van der Waals surface area contributed by atoms with Crippen molar-refractivity contribution in [2.24, 2.45) is 23.7 Å². The molecule has 3 aliphatic rings. The second-order valence-electron chi connectivity index (χ2n) is 7.03. The molecule has 1 heterocycles. The molecular weight excluding hydrogens is 320 g/mol. The van der Waals surface area contributed by atoms with E-state index in [4.69, 9.17) is 0 Å². The molecule has 0 unspecified atom stereocenters. The summed E-state index contributed by atoms with van der Waals surface area (Å²) >= 11 is 0. The number of nitrogens with zero attached hydrogens (tertiary/aromatic N) is 1. The van der Waals surface area contributed by atoms with Crippen LogP contribution in [0.4, 0.5) is 11.4 Å². The van der Waals surface area contributed by atoms with Crippen LogP contribution in [0.3, 0.4) is 0 Å². The number of carbonyl (C=O) groups is 3. The second-order valence-corrected chi connectivity index (χ2v) is 7.03. The maximum atomic E-state index is 12.7. The number of carbonyl (C=O) groups excluding carboxylic acids is 2. The van der Waals surface area contributed by atoms with Gasteiger partial charge in [-0.1, -0.05) is 18.2 Å². The zero-order chi connectivity index (χ0) is 17.6. The minimum atomic E-state index is -0.909. The first-order chi connectivity index (χ1) is 12.0. The number of aliphatic carboxylic acids is 1. The van der Waals surface area contributed by atoms with Gasteiger partial charge >= 0.3 is 5.97 Å². The van der Waals surface area contributed by atoms with E-state index >= 15 is 0 Å². The highest BCUT2D eigenvalue weighted by Crippen LogP contribution is 2.48. The first-order valence-corrected chi connectivity index (χ1v) is 8.67. The summed E-state index contributed by atoms with van der Waals surface area (Å²) < 4.78 is 0. The number of hydrogen-bond donors (Lipinski definition) is 2. The molecule has 6 nitrogen and oxygen atoms in total. The SMILES string of the molecule is O=C(O)[C@@H]1[C@@H](C(=O)Nc2cccc(N3CCCC3=O)c2)[C@H]2C=C[C@@H]1C2. The molecule has 2 amide bonds. The van der Waals surface area contributed by atoms with E-state index in [0.29, 0.717) is 18.7 Å². The number of carboxylic acid groups (broad SMARTS) is 1. The average Bonchev–Trinajstić information content (AvgIpc) is 3.29. The number of carboxylic acids is 1. The number of allylic oxidation sites excluding steroid dienone is 2. The Morgan fingerprint density at radius 1 is 1.16 bits per heavy atom. The van der Waals surface area contributed by atoms with Crippen LogP contribution in [0.15, 0.2) is 36.4 Å². The van der Waals surface area contributed by atoms with Crippen LogP contribution < -0.4 is 10.2 Å². The molecular formula is C19H20N2O4. The van der Waals surface area contributed by atoms with Gasteiger partial charge in [-0.2, -0.15) is 0 Å². The summed E-state index contributed by atoms with van der Waals surface area (Å²) in [6.45, 7) is 0.689. The van der Waals surface area contributed by atoms with E-state index in [2.05, 4.69) is 5.32 Å². The molecule has 2 bridgehead atoms. The van der Waals surface area contributed by atoms with Gasteiger partial charge in [0.1, 0.15) is 0 Å². The van der Waals surface area contributed by atoms with E-state index in [1.54, 1.807) is 23.1 Å². The van der Waals surface area contributed by atoms with Gasteiger partial charge in [-0.15, -0.1) is 0 Å². The maximum Gasteiger partial charge on any atom is 0.307 e. The Bertz CT molecular complexity index is 772. The number of nitrogens with one attached hydrogen (secondary N) is 1. The Balaban J connectivity index is 1.52. The molecule has 2 N–H and O–H groups in total. The van der Waals surface area contributed by atoms with Crippen LogP contribution in [0.1, 0.15) is 19.3 Å². The number of benzene rings is 1. The monoisotopic (exact) mass is 340 g/mol. The van der Waals surface area contributed by atoms with Crippen LogP contribution in [-0.4, -0.2) is 29.4 Å². The van der Waals surface area contributed by atoms with E-state index < -0.39 is 17.8 Å². The Hall–Kier alpha value is -2.63. The molecule has 0 spiro atoms. The fraction of sp³-hybridized carbons (Fsp3) is 0.421. The van der Waals surface area contributed by atoms with Gasteiger partial charge in [0.25, 0.3) is 0 Å². The van der Waals surface area contributed by atoms with Gasteiger partial charge in [0.2, 0.25) is 11.8 Å². The van der Waals surface area contributed by atoms with E-state index in [-0.39, 0.29) is 23.7 Å². The summed E-state index contributed by atoms with van der Waals surface area (Å²) in [7, 11) is 0. The van der Waals surface area contributed by atoms with Gasteiger partial charge in [-0.05, 0) is 42.9 Å². The predicted octanol–water partition coefficient (Wildman–Crippen LogP) is 2.27. The molecule has 2 aliphatic carbocycles. The number of rotatable bonds is 4. The van der Waals surface area contributed by atoms with Gasteiger partial charge in [0.05, 0.1) is 11.8 Å². The van der Waals surface area contributed by atoms with Gasteiger partial charge in [-0.25, -0.2) is 0 Å². The molecule has 0 radical (unpaired) electrons. The van der Waals surface area contributed by atoms with E-state index in [1.165, 1.54) is 0 Å². The topological polar surface area (TPSA) is 86.7 Å². The van der Waals surface area contributed by atoms with Crippen molar-refractivity contribution >= 4 is 29.2 Å². The van der Waals surface area contributed by atoms with Crippen LogP contribution in [0, 0.1) is 23.7 Å². The Morgan fingerprint density at radius 3 is 2.60 bits per heavy atom.